The Kier molecular flexibility index (Phi) is 5.92. The maximum atomic E-state index is 13.0. The van der Waals surface area contributed by atoms with Gasteiger partial charge in [0.2, 0.25) is 0 Å². The maximum absolute atomic E-state index is 13.0. The van der Waals surface area contributed by atoms with Crippen LogP contribution in [0, 0.1) is 11.8 Å². The van der Waals surface area contributed by atoms with E-state index in [0.29, 0.717) is 23.6 Å². The highest BCUT2D eigenvalue weighted by molar-refractivity contribution is 9.10. The second-order valence-electron chi connectivity index (χ2n) is 9.43. The summed E-state index contributed by atoms with van der Waals surface area (Å²) in [6, 6.07) is 17.9. The number of pyridine rings is 1. The molecule has 0 bridgehead atoms. The molecule has 1 aliphatic heterocycles. The molecule has 0 amide bonds. The van der Waals surface area contributed by atoms with Gasteiger partial charge in [-0.05, 0) is 37.4 Å². The monoisotopic (exact) mass is 524 g/mol. The normalized spacial score (nSPS) is 29.6. The molecule has 5 unspecified atom stereocenters. The second kappa shape index (κ2) is 8.64. The van der Waals surface area contributed by atoms with E-state index in [2.05, 4.69) is 25.8 Å². The number of nitrogens with zero attached hydrogens (tertiary/aromatic N) is 2. The number of halogens is 1. The highest BCUT2D eigenvalue weighted by Gasteiger charge is 2.76. The van der Waals surface area contributed by atoms with E-state index in [4.69, 9.17) is 9.47 Å². The van der Waals surface area contributed by atoms with Crippen LogP contribution in [0.25, 0.3) is 0 Å². The van der Waals surface area contributed by atoms with Crippen molar-refractivity contribution in [2.45, 2.75) is 17.1 Å². The van der Waals surface area contributed by atoms with Crippen molar-refractivity contribution in [2.24, 2.45) is 11.8 Å². The third-order valence-electron chi connectivity index (χ3n) is 7.44. The molecule has 2 heterocycles. The molecule has 1 aromatic heterocycles. The number of benzene rings is 2. The summed E-state index contributed by atoms with van der Waals surface area (Å²) in [5.74, 6) is 0.0364. The molecule has 2 N–H and O–H groups in total. The van der Waals surface area contributed by atoms with Gasteiger partial charge in [0.05, 0.1) is 25.1 Å². The van der Waals surface area contributed by atoms with Crippen LogP contribution in [0.1, 0.15) is 22.6 Å². The Balaban J connectivity index is 1.88. The summed E-state index contributed by atoms with van der Waals surface area (Å²) in [6.45, 7) is 0.461. The number of methoxy groups -OCH3 is 1. The maximum Gasteiger partial charge on any atom is 0.174 e. The van der Waals surface area contributed by atoms with E-state index in [1.807, 2.05) is 68.7 Å². The summed E-state index contributed by atoms with van der Waals surface area (Å²) in [6.07, 6.45) is 3.27. The van der Waals surface area contributed by atoms with Crippen LogP contribution in [-0.4, -0.2) is 54.5 Å². The summed E-state index contributed by atoms with van der Waals surface area (Å²) >= 11 is 3.54. The lowest BCUT2D eigenvalue weighted by Crippen LogP contribution is -2.52. The molecular formula is C27H29BrN2O4. The topological polar surface area (TPSA) is 75.1 Å². The fourth-order valence-corrected chi connectivity index (χ4v) is 6.53. The predicted octanol–water partition coefficient (Wildman–Crippen LogP) is 3.91. The number of aliphatic hydroxyl groups is 2. The number of hydrogen-bond acceptors (Lipinski definition) is 6. The van der Waals surface area contributed by atoms with Gasteiger partial charge >= 0.3 is 0 Å². The minimum Gasteiger partial charge on any atom is -0.495 e. The van der Waals surface area contributed by atoms with Crippen LogP contribution in [0.4, 0.5) is 0 Å². The molecule has 5 atom stereocenters. The van der Waals surface area contributed by atoms with E-state index in [1.165, 1.54) is 0 Å². The molecular weight excluding hydrogens is 496 g/mol. The minimum absolute atomic E-state index is 0.0925. The van der Waals surface area contributed by atoms with Crippen LogP contribution in [0.5, 0.6) is 11.5 Å². The zero-order chi connectivity index (χ0) is 24.1. The molecule has 3 aromatic rings. The molecule has 1 fully saturated rings. The van der Waals surface area contributed by atoms with Crippen LogP contribution in [0.3, 0.4) is 0 Å². The Hall–Kier alpha value is -2.45. The quantitative estimate of drug-likeness (QED) is 0.509. The first kappa shape index (κ1) is 23.3. The number of ether oxygens (including phenoxy) is 2. The summed E-state index contributed by atoms with van der Waals surface area (Å²) in [7, 11) is 5.54. The average Bonchev–Trinajstić information content (AvgIpc) is 3.22. The molecule has 7 heteroatoms. The van der Waals surface area contributed by atoms with E-state index in [-0.39, 0.29) is 24.4 Å². The number of aliphatic hydroxyl groups excluding tert-OH is 1. The largest absolute Gasteiger partial charge is 0.495 e. The lowest BCUT2D eigenvalue weighted by Gasteiger charge is -2.42. The Bertz CT molecular complexity index is 1170. The van der Waals surface area contributed by atoms with Gasteiger partial charge in [-0.3, -0.25) is 4.98 Å². The molecule has 1 saturated carbocycles. The van der Waals surface area contributed by atoms with Gasteiger partial charge in [0.15, 0.2) is 5.60 Å². The van der Waals surface area contributed by atoms with Crippen LogP contribution in [-0.2, 0) is 11.2 Å². The Morgan fingerprint density at radius 3 is 2.41 bits per heavy atom. The second-order valence-corrected chi connectivity index (χ2v) is 10.3. The standard InChI is InChI=1S/C27H29BrN2O4/c1-30(2)15-21-20(16-31)24(17-7-5-4-6-8-17)27(18-9-11-19(28)12-10-18)26(21,32)25-22(33-3)13-29-14-23(25)34-27/h4-14,20-21,24,31-32H,15-16H2,1-3H3. The summed E-state index contributed by atoms with van der Waals surface area (Å²) < 4.78 is 13.5. The molecule has 5 rings (SSSR count). The number of hydrogen-bond donors (Lipinski definition) is 2. The summed E-state index contributed by atoms with van der Waals surface area (Å²) in [4.78, 5) is 6.37. The molecule has 34 heavy (non-hydrogen) atoms. The molecule has 1 aliphatic carbocycles. The van der Waals surface area contributed by atoms with Gasteiger partial charge in [-0.15, -0.1) is 0 Å². The predicted molar refractivity (Wildman–Crippen MR) is 133 cm³/mol. The van der Waals surface area contributed by atoms with Gasteiger partial charge in [0, 0.05) is 35.4 Å². The van der Waals surface area contributed by atoms with Crippen molar-refractivity contribution < 1.29 is 19.7 Å². The van der Waals surface area contributed by atoms with Gasteiger partial charge in [0.1, 0.15) is 17.1 Å². The first-order chi connectivity index (χ1) is 16.4. The third kappa shape index (κ3) is 3.14. The molecule has 0 radical (unpaired) electrons. The zero-order valence-electron chi connectivity index (χ0n) is 19.5. The van der Waals surface area contributed by atoms with E-state index < -0.39 is 11.2 Å². The van der Waals surface area contributed by atoms with Crippen molar-refractivity contribution in [3.8, 4) is 11.5 Å². The zero-order valence-corrected chi connectivity index (χ0v) is 21.1. The first-order valence-corrected chi connectivity index (χ1v) is 12.2. The summed E-state index contributed by atoms with van der Waals surface area (Å²) in [5.41, 5.74) is -0.241. The third-order valence-corrected chi connectivity index (χ3v) is 7.97. The van der Waals surface area contributed by atoms with Gasteiger partial charge < -0.3 is 24.6 Å². The minimum atomic E-state index is -1.48. The molecule has 2 aromatic carbocycles. The van der Waals surface area contributed by atoms with Gasteiger partial charge in [0.25, 0.3) is 0 Å². The Labute approximate surface area is 208 Å². The highest BCUT2D eigenvalue weighted by Crippen LogP contribution is 2.71. The van der Waals surface area contributed by atoms with Crippen LogP contribution in [0.15, 0.2) is 71.5 Å². The van der Waals surface area contributed by atoms with Gasteiger partial charge in [-0.2, -0.15) is 0 Å². The summed E-state index contributed by atoms with van der Waals surface area (Å²) in [5, 5.41) is 23.8. The van der Waals surface area contributed by atoms with Gasteiger partial charge in [-0.25, -0.2) is 0 Å². The van der Waals surface area contributed by atoms with E-state index in [9.17, 15) is 10.2 Å². The van der Waals surface area contributed by atoms with Crippen molar-refractivity contribution >= 4 is 15.9 Å². The van der Waals surface area contributed by atoms with Crippen molar-refractivity contribution in [1.29, 1.82) is 0 Å². The molecule has 0 spiro atoms. The first-order valence-electron chi connectivity index (χ1n) is 11.4. The van der Waals surface area contributed by atoms with E-state index >= 15 is 0 Å². The van der Waals surface area contributed by atoms with Crippen molar-refractivity contribution in [3.05, 3.63) is 88.2 Å². The Morgan fingerprint density at radius 2 is 1.79 bits per heavy atom. The lowest BCUT2D eigenvalue weighted by molar-refractivity contribution is -0.131. The Morgan fingerprint density at radius 1 is 1.09 bits per heavy atom. The van der Waals surface area contributed by atoms with Crippen molar-refractivity contribution in [2.75, 3.05) is 34.4 Å². The molecule has 6 nitrogen and oxygen atoms in total. The van der Waals surface area contributed by atoms with E-state index in [1.54, 1.807) is 19.5 Å². The average molecular weight is 525 g/mol. The molecule has 178 valence electrons. The fourth-order valence-electron chi connectivity index (χ4n) is 6.26. The number of rotatable bonds is 6. The lowest BCUT2D eigenvalue weighted by atomic mass is 9.70. The van der Waals surface area contributed by atoms with Crippen LogP contribution < -0.4 is 9.47 Å². The van der Waals surface area contributed by atoms with Crippen molar-refractivity contribution in [3.63, 3.8) is 0 Å². The van der Waals surface area contributed by atoms with E-state index in [0.717, 1.165) is 15.6 Å². The van der Waals surface area contributed by atoms with Crippen LogP contribution >= 0.6 is 15.9 Å². The fraction of sp³-hybridized carbons (Fsp3) is 0.370. The SMILES string of the molecule is COc1cncc2c1C1(O)C(CN(C)C)C(CO)C(c3ccccc3)C1(c1ccc(Br)cc1)O2. The van der Waals surface area contributed by atoms with Gasteiger partial charge in [-0.1, -0.05) is 58.4 Å². The molecule has 2 aliphatic rings. The van der Waals surface area contributed by atoms with Crippen LogP contribution in [0.2, 0.25) is 0 Å². The highest BCUT2D eigenvalue weighted by atomic mass is 79.9. The van der Waals surface area contributed by atoms with Crippen molar-refractivity contribution in [1.82, 2.24) is 9.88 Å². The number of fused-ring (bicyclic) bond motifs is 3. The molecule has 0 saturated heterocycles. The number of aromatic nitrogens is 1. The smallest absolute Gasteiger partial charge is 0.174 e.